The van der Waals surface area contributed by atoms with Crippen molar-refractivity contribution in [1.82, 2.24) is 0 Å². The van der Waals surface area contributed by atoms with Crippen LogP contribution >= 0.6 is 11.6 Å². The zero-order chi connectivity index (χ0) is 6.15. The van der Waals surface area contributed by atoms with Crippen molar-refractivity contribution < 1.29 is 39.5 Å². The first-order valence-electron chi connectivity index (χ1n) is 1.87. The monoisotopic (exact) mass is 153 g/mol. The summed E-state index contributed by atoms with van der Waals surface area (Å²) < 4.78 is 0. The summed E-state index contributed by atoms with van der Waals surface area (Å²) in [6.07, 6.45) is 1.23. The second-order valence-electron chi connectivity index (χ2n) is 1.25. The van der Waals surface area contributed by atoms with Crippen LogP contribution in [-0.2, 0) is 4.79 Å². The Labute approximate surface area is 78.7 Å². The summed E-state index contributed by atoms with van der Waals surface area (Å²) in [7, 11) is 0. The SMILES string of the molecule is O=C([O-])C1=NC(Cl)=C1.[Na+]. The van der Waals surface area contributed by atoms with E-state index >= 15 is 0 Å². The molecule has 0 bridgehead atoms. The number of nitrogens with zero attached hydrogens (tertiary/aromatic N) is 1. The van der Waals surface area contributed by atoms with Gasteiger partial charge in [0.05, 0.1) is 11.7 Å². The van der Waals surface area contributed by atoms with Gasteiger partial charge >= 0.3 is 29.6 Å². The Morgan fingerprint density at radius 1 is 1.78 bits per heavy atom. The summed E-state index contributed by atoms with van der Waals surface area (Å²) in [5, 5.41) is 9.99. The molecule has 0 aromatic rings. The van der Waals surface area contributed by atoms with Gasteiger partial charge in [0, 0.05) is 6.08 Å². The van der Waals surface area contributed by atoms with Crippen LogP contribution in [0.15, 0.2) is 16.2 Å². The van der Waals surface area contributed by atoms with Crippen LogP contribution in [-0.4, -0.2) is 11.7 Å². The number of carboxylic acid groups (broad SMARTS) is 1. The zero-order valence-corrected chi connectivity index (χ0v) is 7.47. The molecule has 1 aliphatic heterocycles. The van der Waals surface area contributed by atoms with Gasteiger partial charge in [-0.05, 0) is 0 Å². The molecule has 0 saturated heterocycles. The van der Waals surface area contributed by atoms with Crippen molar-refractivity contribution >= 4 is 23.3 Å². The van der Waals surface area contributed by atoms with E-state index in [9.17, 15) is 9.90 Å². The number of aliphatic carboxylic acids is 1. The van der Waals surface area contributed by atoms with Crippen LogP contribution < -0.4 is 34.7 Å². The first kappa shape index (κ1) is 9.17. The van der Waals surface area contributed by atoms with E-state index in [1.165, 1.54) is 6.08 Å². The maximum Gasteiger partial charge on any atom is 1.00 e. The standard InChI is InChI=1S/C4H2ClNO2.Na/c5-3-1-2(6-3)4(7)8;/h1H,(H,7,8);/q;+1/p-1. The molecule has 3 nitrogen and oxygen atoms in total. The average Bonchev–Trinajstić information content (AvgIpc) is 1.57. The van der Waals surface area contributed by atoms with E-state index < -0.39 is 5.97 Å². The number of carbonyl (C=O) groups excluding carboxylic acids is 1. The van der Waals surface area contributed by atoms with Crippen molar-refractivity contribution in [3.8, 4) is 0 Å². The molecule has 1 heterocycles. The van der Waals surface area contributed by atoms with Crippen LogP contribution in [0, 0.1) is 0 Å². The molecular weight excluding hydrogens is 152 g/mol. The maximum atomic E-state index is 9.78. The largest absolute Gasteiger partial charge is 1.00 e. The molecule has 0 aromatic carbocycles. The molecule has 0 atom stereocenters. The normalized spacial score (nSPS) is 14.3. The summed E-state index contributed by atoms with van der Waals surface area (Å²) >= 11 is 5.17. The molecule has 0 saturated carbocycles. The molecule has 0 aromatic heterocycles. The Bertz CT molecular complexity index is 199. The van der Waals surface area contributed by atoms with Crippen molar-refractivity contribution in [2.24, 2.45) is 4.99 Å². The van der Waals surface area contributed by atoms with Gasteiger partial charge in [-0.25, -0.2) is 4.99 Å². The maximum absolute atomic E-state index is 9.78. The molecule has 42 valence electrons. The Balaban J connectivity index is 0.000000640. The van der Waals surface area contributed by atoms with Crippen molar-refractivity contribution in [1.29, 1.82) is 0 Å². The fraction of sp³-hybridized carbons (Fsp3) is 0. The molecule has 1 aliphatic rings. The minimum atomic E-state index is -1.28. The minimum absolute atomic E-state index is 0. The minimum Gasteiger partial charge on any atom is -0.543 e. The van der Waals surface area contributed by atoms with Gasteiger partial charge in [0.15, 0.2) is 0 Å². The molecular formula is C4HClNNaO2. The van der Waals surface area contributed by atoms with Crippen molar-refractivity contribution in [3.05, 3.63) is 11.2 Å². The fourth-order valence-corrected chi connectivity index (χ4v) is 0.525. The van der Waals surface area contributed by atoms with Crippen molar-refractivity contribution in [2.75, 3.05) is 0 Å². The molecule has 0 spiro atoms. The van der Waals surface area contributed by atoms with E-state index in [0.717, 1.165) is 0 Å². The van der Waals surface area contributed by atoms with E-state index in [-0.39, 0.29) is 40.4 Å². The van der Waals surface area contributed by atoms with Gasteiger partial charge in [-0.3, -0.25) is 0 Å². The topological polar surface area (TPSA) is 52.5 Å². The number of carbonyl (C=O) groups is 1. The van der Waals surface area contributed by atoms with Gasteiger partial charge in [0.2, 0.25) is 0 Å². The van der Waals surface area contributed by atoms with E-state index in [4.69, 9.17) is 11.6 Å². The van der Waals surface area contributed by atoms with Gasteiger partial charge < -0.3 is 9.90 Å². The number of hydrogen-bond acceptors (Lipinski definition) is 3. The van der Waals surface area contributed by atoms with Gasteiger partial charge in [-0.1, -0.05) is 11.6 Å². The molecule has 5 heteroatoms. The van der Waals surface area contributed by atoms with Crippen molar-refractivity contribution in [2.45, 2.75) is 0 Å². The fourth-order valence-electron chi connectivity index (χ4n) is 0.331. The van der Waals surface area contributed by atoms with E-state index in [0.29, 0.717) is 0 Å². The number of carboxylic acids is 1. The number of aliphatic imine (C=N–C) groups is 1. The van der Waals surface area contributed by atoms with Crippen molar-refractivity contribution in [3.63, 3.8) is 0 Å². The first-order valence-corrected chi connectivity index (χ1v) is 2.25. The predicted octanol–water partition coefficient (Wildman–Crippen LogP) is -3.72. The molecule has 0 aliphatic carbocycles. The second kappa shape index (κ2) is 3.37. The first-order chi connectivity index (χ1) is 3.70. The number of hydrogen-bond donors (Lipinski definition) is 0. The molecule has 0 N–H and O–H groups in total. The average molecular weight is 154 g/mol. The van der Waals surface area contributed by atoms with Crippen LogP contribution in [0.2, 0.25) is 0 Å². The Kier molecular flexibility index (Phi) is 3.43. The summed E-state index contributed by atoms with van der Waals surface area (Å²) in [6.45, 7) is 0. The van der Waals surface area contributed by atoms with Gasteiger partial charge in [-0.15, -0.1) is 0 Å². The molecule has 0 amide bonds. The number of rotatable bonds is 1. The molecule has 0 radical (unpaired) electrons. The quantitative estimate of drug-likeness (QED) is 0.287. The summed E-state index contributed by atoms with van der Waals surface area (Å²) in [5.41, 5.74) is -0.0880. The third-order valence-corrected chi connectivity index (χ3v) is 0.886. The predicted molar refractivity (Wildman–Crippen MR) is 26.4 cm³/mol. The Morgan fingerprint density at radius 2 is 2.22 bits per heavy atom. The van der Waals surface area contributed by atoms with E-state index in [2.05, 4.69) is 4.99 Å². The Hall–Kier alpha value is 0.170. The molecule has 9 heavy (non-hydrogen) atoms. The third kappa shape index (κ3) is 2.10. The van der Waals surface area contributed by atoms with E-state index in [1.807, 2.05) is 0 Å². The molecule has 1 rings (SSSR count). The smallest absolute Gasteiger partial charge is 0.543 e. The van der Waals surface area contributed by atoms with Gasteiger partial charge in [0.1, 0.15) is 5.16 Å². The summed E-state index contributed by atoms with van der Waals surface area (Å²) in [5.74, 6) is -1.28. The van der Waals surface area contributed by atoms with Crippen LogP contribution in [0.3, 0.4) is 0 Å². The third-order valence-electron chi connectivity index (χ3n) is 0.692. The van der Waals surface area contributed by atoms with Crippen LogP contribution in [0.1, 0.15) is 0 Å². The molecule has 0 unspecified atom stereocenters. The Morgan fingerprint density at radius 3 is 2.33 bits per heavy atom. The van der Waals surface area contributed by atoms with E-state index in [1.54, 1.807) is 0 Å². The summed E-state index contributed by atoms with van der Waals surface area (Å²) in [6, 6.07) is 0. The van der Waals surface area contributed by atoms with Crippen LogP contribution in [0.25, 0.3) is 0 Å². The number of halogens is 1. The van der Waals surface area contributed by atoms with Gasteiger partial charge in [0.25, 0.3) is 0 Å². The van der Waals surface area contributed by atoms with Gasteiger partial charge in [-0.2, -0.15) is 0 Å². The second-order valence-corrected chi connectivity index (χ2v) is 1.64. The zero-order valence-electron chi connectivity index (χ0n) is 4.72. The van der Waals surface area contributed by atoms with Crippen LogP contribution in [0.5, 0.6) is 0 Å². The van der Waals surface area contributed by atoms with Crippen LogP contribution in [0.4, 0.5) is 0 Å². The molecule has 0 fully saturated rings. The summed E-state index contributed by atoms with van der Waals surface area (Å²) in [4.78, 5) is 13.1.